The molecule has 1 N–H and O–H groups in total. The van der Waals surface area contributed by atoms with Crippen molar-refractivity contribution < 1.29 is 9.50 Å². The number of aliphatic hydroxyl groups excluding tert-OH is 1. The molecule has 0 saturated heterocycles. The highest BCUT2D eigenvalue weighted by atomic mass is 35.5. The van der Waals surface area contributed by atoms with E-state index in [1.165, 1.54) is 6.07 Å². The fraction of sp³-hybridized carbons (Fsp3) is 0.250. The van der Waals surface area contributed by atoms with Crippen LogP contribution in [-0.4, -0.2) is 5.11 Å². The van der Waals surface area contributed by atoms with Crippen LogP contribution in [0, 0.1) is 19.7 Å². The van der Waals surface area contributed by atoms with Crippen LogP contribution in [0.5, 0.6) is 0 Å². The van der Waals surface area contributed by atoms with Crippen molar-refractivity contribution in [3.63, 3.8) is 0 Å². The standard InChI is InChI=1S/C16H16ClFO/c1-10-6-11(2)8-12(7-10)9-15(19)13-4-3-5-14(18)16(13)17/h3-8,15,19H,9H2,1-2H3. The van der Waals surface area contributed by atoms with Crippen LogP contribution in [0.3, 0.4) is 0 Å². The van der Waals surface area contributed by atoms with Gasteiger partial charge in [-0.15, -0.1) is 0 Å². The lowest BCUT2D eigenvalue weighted by atomic mass is 9.98. The highest BCUT2D eigenvalue weighted by molar-refractivity contribution is 6.31. The van der Waals surface area contributed by atoms with E-state index in [-0.39, 0.29) is 5.02 Å². The molecule has 0 spiro atoms. The third kappa shape index (κ3) is 3.34. The first kappa shape index (κ1) is 14.0. The first-order valence-corrected chi connectivity index (χ1v) is 6.54. The molecule has 0 fully saturated rings. The van der Waals surface area contributed by atoms with Gasteiger partial charge in [-0.25, -0.2) is 4.39 Å². The lowest BCUT2D eigenvalue weighted by Crippen LogP contribution is -2.04. The normalized spacial score (nSPS) is 12.5. The molecule has 0 aliphatic carbocycles. The van der Waals surface area contributed by atoms with Gasteiger partial charge in [-0.1, -0.05) is 53.1 Å². The summed E-state index contributed by atoms with van der Waals surface area (Å²) < 4.78 is 13.4. The van der Waals surface area contributed by atoms with Gasteiger partial charge in [-0.05, 0) is 25.5 Å². The van der Waals surface area contributed by atoms with Crippen molar-refractivity contribution in [2.24, 2.45) is 0 Å². The number of aliphatic hydroxyl groups is 1. The van der Waals surface area contributed by atoms with E-state index in [1.54, 1.807) is 12.1 Å². The van der Waals surface area contributed by atoms with Crippen LogP contribution in [0.15, 0.2) is 36.4 Å². The summed E-state index contributed by atoms with van der Waals surface area (Å²) in [4.78, 5) is 0. The average molecular weight is 279 g/mol. The maximum Gasteiger partial charge on any atom is 0.142 e. The van der Waals surface area contributed by atoms with Crippen LogP contribution < -0.4 is 0 Å². The van der Waals surface area contributed by atoms with Crippen LogP contribution >= 0.6 is 11.6 Å². The van der Waals surface area contributed by atoms with Crippen molar-refractivity contribution in [2.45, 2.75) is 26.4 Å². The number of hydrogen-bond donors (Lipinski definition) is 1. The Bertz CT molecular complexity index is 575. The van der Waals surface area contributed by atoms with E-state index in [2.05, 4.69) is 6.07 Å². The third-order valence-electron chi connectivity index (χ3n) is 3.05. The third-order valence-corrected chi connectivity index (χ3v) is 3.45. The molecule has 0 aliphatic heterocycles. The van der Waals surface area contributed by atoms with E-state index in [0.29, 0.717) is 12.0 Å². The Hall–Kier alpha value is -1.38. The second-order valence-electron chi connectivity index (χ2n) is 4.86. The van der Waals surface area contributed by atoms with E-state index < -0.39 is 11.9 Å². The molecule has 1 nitrogen and oxygen atoms in total. The van der Waals surface area contributed by atoms with E-state index in [9.17, 15) is 9.50 Å². The maximum absolute atomic E-state index is 13.4. The summed E-state index contributed by atoms with van der Waals surface area (Å²) >= 11 is 5.88. The molecule has 0 heterocycles. The van der Waals surface area contributed by atoms with Gasteiger partial charge < -0.3 is 5.11 Å². The zero-order valence-corrected chi connectivity index (χ0v) is 11.7. The van der Waals surface area contributed by atoms with Gasteiger partial charge in [0.1, 0.15) is 5.82 Å². The monoisotopic (exact) mass is 278 g/mol. The van der Waals surface area contributed by atoms with Crippen LogP contribution in [0.1, 0.15) is 28.4 Å². The van der Waals surface area contributed by atoms with Gasteiger partial charge in [-0.2, -0.15) is 0 Å². The molecule has 0 aromatic heterocycles. The Morgan fingerprint density at radius 3 is 2.42 bits per heavy atom. The molecule has 19 heavy (non-hydrogen) atoms. The average Bonchev–Trinajstić information content (AvgIpc) is 2.31. The highest BCUT2D eigenvalue weighted by Gasteiger charge is 2.15. The molecule has 0 aliphatic rings. The van der Waals surface area contributed by atoms with Gasteiger partial charge in [0.15, 0.2) is 0 Å². The van der Waals surface area contributed by atoms with Gasteiger partial charge >= 0.3 is 0 Å². The minimum Gasteiger partial charge on any atom is -0.388 e. The molecule has 0 bridgehead atoms. The minimum absolute atomic E-state index is 0.000579. The summed E-state index contributed by atoms with van der Waals surface area (Å²) in [6.45, 7) is 4.02. The molecule has 100 valence electrons. The van der Waals surface area contributed by atoms with E-state index in [0.717, 1.165) is 16.7 Å². The summed E-state index contributed by atoms with van der Waals surface area (Å²) in [5.41, 5.74) is 3.74. The van der Waals surface area contributed by atoms with E-state index in [1.807, 2.05) is 26.0 Å². The fourth-order valence-electron chi connectivity index (χ4n) is 2.30. The summed E-state index contributed by atoms with van der Waals surface area (Å²) in [6, 6.07) is 10.6. The van der Waals surface area contributed by atoms with Gasteiger partial charge in [0.05, 0.1) is 11.1 Å². The summed E-state index contributed by atoms with van der Waals surface area (Å²) in [6.07, 6.45) is -0.379. The maximum atomic E-state index is 13.4. The second-order valence-corrected chi connectivity index (χ2v) is 5.24. The molecule has 2 rings (SSSR count). The topological polar surface area (TPSA) is 20.2 Å². The Balaban J connectivity index is 2.25. The van der Waals surface area contributed by atoms with Crippen molar-refractivity contribution in [1.29, 1.82) is 0 Å². The number of hydrogen-bond acceptors (Lipinski definition) is 1. The van der Waals surface area contributed by atoms with Crippen LogP contribution in [0.2, 0.25) is 5.02 Å². The summed E-state index contributed by atoms with van der Waals surface area (Å²) in [7, 11) is 0. The Labute approximate surface area is 117 Å². The lowest BCUT2D eigenvalue weighted by Gasteiger charge is -2.14. The molecule has 0 amide bonds. The number of rotatable bonds is 3. The number of aryl methyl sites for hydroxylation is 2. The molecule has 2 aromatic rings. The van der Waals surface area contributed by atoms with Crippen molar-refractivity contribution in [3.8, 4) is 0 Å². The Morgan fingerprint density at radius 2 is 1.79 bits per heavy atom. The Kier molecular flexibility index (Phi) is 4.23. The molecular weight excluding hydrogens is 263 g/mol. The van der Waals surface area contributed by atoms with E-state index in [4.69, 9.17) is 11.6 Å². The van der Waals surface area contributed by atoms with Crippen LogP contribution in [-0.2, 0) is 6.42 Å². The van der Waals surface area contributed by atoms with Crippen LogP contribution in [0.25, 0.3) is 0 Å². The van der Waals surface area contributed by atoms with Gasteiger partial charge in [0.2, 0.25) is 0 Å². The predicted octanol–water partition coefficient (Wildman–Crippen LogP) is 4.37. The fourth-order valence-corrected chi connectivity index (χ4v) is 2.55. The number of halogens is 2. The lowest BCUT2D eigenvalue weighted by molar-refractivity contribution is 0.178. The quantitative estimate of drug-likeness (QED) is 0.884. The molecule has 1 unspecified atom stereocenters. The van der Waals surface area contributed by atoms with E-state index >= 15 is 0 Å². The molecular formula is C16H16ClFO. The SMILES string of the molecule is Cc1cc(C)cc(CC(O)c2cccc(F)c2Cl)c1. The Morgan fingerprint density at radius 1 is 1.16 bits per heavy atom. The first-order chi connectivity index (χ1) is 8.97. The van der Waals surface area contributed by atoms with Crippen molar-refractivity contribution >= 4 is 11.6 Å². The van der Waals surface area contributed by atoms with Gasteiger partial charge in [-0.3, -0.25) is 0 Å². The second kappa shape index (κ2) is 5.72. The summed E-state index contributed by atoms with van der Waals surface area (Å²) in [5.74, 6) is -0.501. The molecule has 0 saturated carbocycles. The largest absolute Gasteiger partial charge is 0.388 e. The first-order valence-electron chi connectivity index (χ1n) is 6.16. The summed E-state index contributed by atoms with van der Waals surface area (Å²) in [5, 5.41) is 10.2. The van der Waals surface area contributed by atoms with Crippen LogP contribution in [0.4, 0.5) is 4.39 Å². The molecule has 0 radical (unpaired) electrons. The smallest absolute Gasteiger partial charge is 0.142 e. The van der Waals surface area contributed by atoms with Gasteiger partial charge in [0.25, 0.3) is 0 Å². The van der Waals surface area contributed by atoms with Gasteiger partial charge in [0, 0.05) is 12.0 Å². The minimum atomic E-state index is -0.801. The molecule has 3 heteroatoms. The zero-order chi connectivity index (χ0) is 14.0. The molecule has 2 aromatic carbocycles. The number of benzene rings is 2. The molecule has 1 atom stereocenters. The van der Waals surface area contributed by atoms with Crippen molar-refractivity contribution in [3.05, 3.63) is 69.5 Å². The van der Waals surface area contributed by atoms with Crippen molar-refractivity contribution in [1.82, 2.24) is 0 Å². The predicted molar refractivity (Wildman–Crippen MR) is 76.0 cm³/mol. The highest BCUT2D eigenvalue weighted by Crippen LogP contribution is 2.28. The van der Waals surface area contributed by atoms with Crippen molar-refractivity contribution in [2.75, 3.05) is 0 Å². The zero-order valence-electron chi connectivity index (χ0n) is 11.0.